The van der Waals surface area contributed by atoms with Gasteiger partial charge in [-0.05, 0) is 35.9 Å². The lowest BCUT2D eigenvalue weighted by Gasteiger charge is -2.18. The Morgan fingerprint density at radius 2 is 1.78 bits per heavy atom. The summed E-state index contributed by atoms with van der Waals surface area (Å²) in [6.45, 7) is 0. The molecule has 0 radical (unpaired) electrons. The first-order valence-electron chi connectivity index (χ1n) is 8.15. The number of amides is 1. The van der Waals surface area contributed by atoms with Crippen LogP contribution in [0.5, 0.6) is 0 Å². The number of alkyl carbamates (subject to hydrolysis) is 1. The third-order valence-corrected chi connectivity index (χ3v) is 4.38. The topological polar surface area (TPSA) is 51.2 Å². The number of cyclic esters (lactones) is 1. The van der Waals surface area contributed by atoms with E-state index in [2.05, 4.69) is 10.3 Å². The first-order valence-corrected chi connectivity index (χ1v) is 8.15. The third kappa shape index (κ3) is 3.23. The van der Waals surface area contributed by atoms with E-state index < -0.39 is 35.7 Å². The molecule has 27 heavy (non-hydrogen) atoms. The van der Waals surface area contributed by atoms with Crippen molar-refractivity contribution in [2.75, 3.05) is 0 Å². The second-order valence-corrected chi connectivity index (χ2v) is 6.10. The Labute approximate surface area is 152 Å². The fourth-order valence-electron chi connectivity index (χ4n) is 3.12. The van der Waals surface area contributed by atoms with E-state index in [-0.39, 0.29) is 5.56 Å². The van der Waals surface area contributed by atoms with Gasteiger partial charge in [0.1, 0.15) is 23.5 Å². The summed E-state index contributed by atoms with van der Waals surface area (Å²) in [6.07, 6.45) is 1.11. The zero-order valence-corrected chi connectivity index (χ0v) is 13.8. The van der Waals surface area contributed by atoms with Gasteiger partial charge < -0.3 is 10.1 Å². The van der Waals surface area contributed by atoms with Crippen molar-refractivity contribution in [3.8, 4) is 11.1 Å². The van der Waals surface area contributed by atoms with Crippen molar-refractivity contribution >= 4 is 6.09 Å². The fraction of sp³-hybridized carbons (Fsp3) is 0.100. The summed E-state index contributed by atoms with van der Waals surface area (Å²) < 4.78 is 47.0. The number of carbonyl (C=O) groups excluding carboxylic acids is 1. The summed E-state index contributed by atoms with van der Waals surface area (Å²) >= 11 is 0. The lowest BCUT2D eigenvalue weighted by molar-refractivity contribution is 0.130. The number of rotatable bonds is 3. The van der Waals surface area contributed by atoms with Crippen LogP contribution in [0.3, 0.4) is 0 Å². The highest BCUT2D eigenvalue weighted by atomic mass is 19.1. The van der Waals surface area contributed by atoms with Crippen molar-refractivity contribution in [1.29, 1.82) is 0 Å². The number of nitrogens with zero attached hydrogens (tertiary/aromatic N) is 1. The first kappa shape index (κ1) is 17.1. The molecule has 1 amide bonds. The highest BCUT2D eigenvalue weighted by molar-refractivity contribution is 5.72. The molecule has 0 aliphatic carbocycles. The van der Waals surface area contributed by atoms with E-state index in [1.54, 1.807) is 24.3 Å². The van der Waals surface area contributed by atoms with Gasteiger partial charge in [0, 0.05) is 29.1 Å². The average Bonchev–Trinajstić information content (AvgIpc) is 3.06. The third-order valence-electron chi connectivity index (χ3n) is 4.38. The molecule has 0 unspecified atom stereocenters. The van der Waals surface area contributed by atoms with Gasteiger partial charge in [0.2, 0.25) is 0 Å². The molecule has 7 heteroatoms. The predicted molar refractivity (Wildman–Crippen MR) is 91.1 cm³/mol. The van der Waals surface area contributed by atoms with Crippen LogP contribution in [-0.4, -0.2) is 11.1 Å². The fourth-order valence-corrected chi connectivity index (χ4v) is 3.12. The Balaban J connectivity index is 1.75. The van der Waals surface area contributed by atoms with Gasteiger partial charge in [0.05, 0.1) is 0 Å². The van der Waals surface area contributed by atoms with Gasteiger partial charge in [0.15, 0.2) is 6.10 Å². The quantitative estimate of drug-likeness (QED) is 0.728. The van der Waals surface area contributed by atoms with Crippen molar-refractivity contribution in [3.63, 3.8) is 0 Å². The molecular weight excluding hydrogens is 357 g/mol. The molecule has 0 bridgehead atoms. The molecule has 1 fully saturated rings. The van der Waals surface area contributed by atoms with Crippen LogP contribution in [0.15, 0.2) is 60.9 Å². The van der Waals surface area contributed by atoms with Crippen LogP contribution >= 0.6 is 0 Å². The molecule has 1 aliphatic rings. The van der Waals surface area contributed by atoms with Crippen LogP contribution in [0.2, 0.25) is 0 Å². The Morgan fingerprint density at radius 1 is 0.963 bits per heavy atom. The molecule has 136 valence electrons. The van der Waals surface area contributed by atoms with Crippen molar-refractivity contribution in [2.45, 2.75) is 12.1 Å². The van der Waals surface area contributed by atoms with E-state index in [9.17, 15) is 18.0 Å². The average molecular weight is 370 g/mol. The number of benzene rings is 2. The molecule has 1 aliphatic heterocycles. The lowest BCUT2D eigenvalue weighted by atomic mass is 9.95. The van der Waals surface area contributed by atoms with Gasteiger partial charge in [0.25, 0.3) is 0 Å². The maximum Gasteiger partial charge on any atom is 0.408 e. The number of aromatic nitrogens is 1. The molecule has 2 atom stereocenters. The van der Waals surface area contributed by atoms with Gasteiger partial charge in [-0.15, -0.1) is 0 Å². The molecule has 4 rings (SSSR count). The van der Waals surface area contributed by atoms with Crippen LogP contribution < -0.4 is 5.32 Å². The minimum absolute atomic E-state index is 0.0883. The Morgan fingerprint density at radius 3 is 2.59 bits per heavy atom. The minimum Gasteiger partial charge on any atom is -0.439 e. The number of ether oxygens (including phenoxy) is 1. The van der Waals surface area contributed by atoms with Crippen LogP contribution in [-0.2, 0) is 4.74 Å². The normalized spacial score (nSPS) is 18.9. The second-order valence-electron chi connectivity index (χ2n) is 6.10. The van der Waals surface area contributed by atoms with Crippen LogP contribution in [0.4, 0.5) is 18.0 Å². The van der Waals surface area contributed by atoms with Crippen molar-refractivity contribution in [3.05, 3.63) is 89.5 Å². The maximum atomic E-state index is 14.2. The molecular formula is C20H13F3N2O2. The Hall–Kier alpha value is -3.35. The monoisotopic (exact) mass is 370 g/mol. The van der Waals surface area contributed by atoms with Gasteiger partial charge in [-0.1, -0.05) is 18.2 Å². The number of carbonyl (C=O) groups is 1. The number of nitrogens with one attached hydrogen (secondary N) is 1. The van der Waals surface area contributed by atoms with Crippen LogP contribution in [0.1, 0.15) is 23.3 Å². The highest BCUT2D eigenvalue weighted by Crippen LogP contribution is 2.38. The van der Waals surface area contributed by atoms with Crippen LogP contribution in [0.25, 0.3) is 11.1 Å². The smallest absolute Gasteiger partial charge is 0.408 e. The van der Waals surface area contributed by atoms with E-state index in [1.807, 2.05) is 0 Å². The van der Waals surface area contributed by atoms with Gasteiger partial charge in [-0.2, -0.15) is 0 Å². The summed E-state index contributed by atoms with van der Waals surface area (Å²) in [5.74, 6) is -1.76. The van der Waals surface area contributed by atoms with E-state index in [0.717, 1.165) is 18.2 Å². The molecule has 0 saturated carbocycles. The molecule has 2 aromatic carbocycles. The van der Waals surface area contributed by atoms with E-state index in [0.29, 0.717) is 16.7 Å². The summed E-state index contributed by atoms with van der Waals surface area (Å²) in [4.78, 5) is 15.9. The molecule has 2 heterocycles. The summed E-state index contributed by atoms with van der Waals surface area (Å²) in [5.41, 5.74) is 1.22. The molecule has 1 aromatic heterocycles. The molecule has 1 saturated heterocycles. The van der Waals surface area contributed by atoms with Gasteiger partial charge in [-0.25, -0.2) is 18.0 Å². The lowest BCUT2D eigenvalue weighted by Crippen LogP contribution is -2.20. The standard InChI is InChI=1S/C20H13F3N2O2/c21-13-5-6-17(23)15(8-13)19-18(25-20(26)27-19)12-7-11(9-24-10-12)14-3-1-2-4-16(14)22/h1-10,18-19H,(H,25,26)/t18-,19-/m1/s1. The number of hydrogen-bond donors (Lipinski definition) is 1. The Bertz CT molecular complexity index is 1030. The SMILES string of the molecule is O=C1N[C@H](c2cncc(-c3ccccc3F)c2)[C@@H](c2cc(F)ccc2F)O1. The molecule has 0 spiro atoms. The van der Waals surface area contributed by atoms with Crippen molar-refractivity contribution in [1.82, 2.24) is 10.3 Å². The van der Waals surface area contributed by atoms with E-state index >= 15 is 0 Å². The largest absolute Gasteiger partial charge is 0.439 e. The van der Waals surface area contributed by atoms with Gasteiger partial charge in [-0.3, -0.25) is 4.98 Å². The number of hydrogen-bond acceptors (Lipinski definition) is 3. The molecule has 1 N–H and O–H groups in total. The summed E-state index contributed by atoms with van der Waals surface area (Å²) in [7, 11) is 0. The van der Waals surface area contributed by atoms with E-state index in [4.69, 9.17) is 4.74 Å². The molecule has 4 nitrogen and oxygen atoms in total. The van der Waals surface area contributed by atoms with Gasteiger partial charge >= 0.3 is 6.09 Å². The first-order chi connectivity index (χ1) is 13.0. The zero-order chi connectivity index (χ0) is 19.0. The zero-order valence-electron chi connectivity index (χ0n) is 13.8. The second kappa shape index (κ2) is 6.75. The van der Waals surface area contributed by atoms with Crippen LogP contribution in [0, 0.1) is 17.5 Å². The highest BCUT2D eigenvalue weighted by Gasteiger charge is 2.38. The van der Waals surface area contributed by atoms with Crippen molar-refractivity contribution in [2.24, 2.45) is 0 Å². The maximum absolute atomic E-state index is 14.2. The predicted octanol–water partition coefficient (Wildman–Crippen LogP) is 4.69. The number of pyridine rings is 1. The Kier molecular flexibility index (Phi) is 4.27. The van der Waals surface area contributed by atoms with Crippen molar-refractivity contribution < 1.29 is 22.7 Å². The minimum atomic E-state index is -1.08. The molecule has 3 aromatic rings. The van der Waals surface area contributed by atoms with E-state index in [1.165, 1.54) is 18.5 Å². The number of halogens is 3. The summed E-state index contributed by atoms with van der Waals surface area (Å²) in [5, 5.41) is 2.57. The summed E-state index contributed by atoms with van der Waals surface area (Å²) in [6, 6.07) is 9.97.